The summed E-state index contributed by atoms with van der Waals surface area (Å²) in [6.45, 7) is 0.559. The molecule has 1 fully saturated rings. The zero-order chi connectivity index (χ0) is 19.5. The maximum absolute atomic E-state index is 14.0. The Labute approximate surface area is 161 Å². The number of rotatable bonds is 5. The highest BCUT2D eigenvalue weighted by Gasteiger charge is 2.20. The molecule has 2 N–H and O–H groups in total. The second-order valence-electron chi connectivity index (χ2n) is 7.07. The van der Waals surface area contributed by atoms with Crippen molar-refractivity contribution in [1.29, 1.82) is 0 Å². The predicted molar refractivity (Wildman–Crippen MR) is 99.9 cm³/mol. The Hall–Kier alpha value is -2.87. The second kappa shape index (κ2) is 8.02. The molecule has 0 radical (unpaired) electrons. The van der Waals surface area contributed by atoms with Crippen LogP contribution in [0.15, 0.2) is 43.1 Å². The lowest BCUT2D eigenvalue weighted by molar-refractivity contribution is 0.200. The van der Waals surface area contributed by atoms with Gasteiger partial charge in [0.05, 0.1) is 19.0 Å². The van der Waals surface area contributed by atoms with E-state index in [1.807, 2.05) is 0 Å². The van der Waals surface area contributed by atoms with E-state index >= 15 is 0 Å². The van der Waals surface area contributed by atoms with Crippen molar-refractivity contribution in [3.63, 3.8) is 0 Å². The highest BCUT2D eigenvalue weighted by Crippen LogP contribution is 2.30. The molecule has 1 aliphatic carbocycles. The molecular weight excluding hydrogens is 364 g/mol. The molecule has 2 aromatic heterocycles. The van der Waals surface area contributed by atoms with Crippen LogP contribution in [0.5, 0.6) is 5.75 Å². The van der Waals surface area contributed by atoms with E-state index in [1.54, 1.807) is 6.20 Å². The summed E-state index contributed by atoms with van der Waals surface area (Å²) in [5.74, 6) is -0.414. The van der Waals surface area contributed by atoms with Crippen LogP contribution in [0.3, 0.4) is 0 Å². The Morgan fingerprint density at radius 1 is 1.11 bits per heavy atom. The zero-order valence-corrected chi connectivity index (χ0v) is 15.3. The third-order valence-corrected chi connectivity index (χ3v) is 5.07. The van der Waals surface area contributed by atoms with Crippen LogP contribution in [-0.4, -0.2) is 32.4 Å². The van der Waals surface area contributed by atoms with Gasteiger partial charge in [-0.05, 0) is 43.7 Å². The van der Waals surface area contributed by atoms with Gasteiger partial charge in [0, 0.05) is 17.8 Å². The molecule has 1 aromatic carbocycles. The first-order chi connectivity index (χ1) is 13.6. The topological polar surface area (TPSA) is 78.8 Å². The summed E-state index contributed by atoms with van der Waals surface area (Å²) < 4.78 is 35.2. The van der Waals surface area contributed by atoms with Crippen molar-refractivity contribution in [1.82, 2.24) is 19.7 Å². The van der Waals surface area contributed by atoms with Gasteiger partial charge >= 0.3 is 0 Å². The van der Waals surface area contributed by atoms with E-state index in [2.05, 4.69) is 15.1 Å². The van der Waals surface area contributed by atoms with E-state index in [1.165, 1.54) is 36.9 Å². The van der Waals surface area contributed by atoms with Gasteiger partial charge in [-0.3, -0.25) is 0 Å². The lowest BCUT2D eigenvalue weighted by Crippen LogP contribution is -2.28. The number of ether oxygens (including phenoxy) is 1. The number of benzene rings is 1. The Morgan fingerprint density at radius 2 is 1.86 bits per heavy atom. The Morgan fingerprint density at radius 3 is 2.61 bits per heavy atom. The van der Waals surface area contributed by atoms with Crippen molar-refractivity contribution in [2.75, 3.05) is 6.61 Å². The van der Waals surface area contributed by atoms with Crippen LogP contribution >= 0.6 is 0 Å². The maximum atomic E-state index is 14.0. The average molecular weight is 385 g/mol. The summed E-state index contributed by atoms with van der Waals surface area (Å²) >= 11 is 0. The van der Waals surface area contributed by atoms with Gasteiger partial charge in [-0.2, -0.15) is 5.10 Å². The Balaban J connectivity index is 1.55. The van der Waals surface area contributed by atoms with Crippen molar-refractivity contribution in [3.05, 3.63) is 54.8 Å². The molecule has 1 saturated carbocycles. The number of hydrogen-bond acceptors (Lipinski definition) is 5. The molecule has 0 bridgehead atoms. The fraction of sp³-hybridized carbons (Fsp3) is 0.350. The predicted octanol–water partition coefficient (Wildman–Crippen LogP) is 3.50. The van der Waals surface area contributed by atoms with E-state index in [-0.39, 0.29) is 11.7 Å². The van der Waals surface area contributed by atoms with Gasteiger partial charge < -0.3 is 10.5 Å². The molecule has 8 heteroatoms. The molecular formula is C20H21F2N5O. The first-order valence-electron chi connectivity index (χ1n) is 9.29. The fourth-order valence-corrected chi connectivity index (χ4v) is 3.48. The number of aromatic nitrogens is 4. The second-order valence-corrected chi connectivity index (χ2v) is 7.07. The zero-order valence-electron chi connectivity index (χ0n) is 15.3. The third kappa shape index (κ3) is 3.87. The molecule has 1 aliphatic rings. The molecule has 0 saturated heterocycles. The maximum Gasteiger partial charge on any atom is 0.163 e. The minimum absolute atomic E-state index is 0.233. The molecule has 4 rings (SSSR count). The fourth-order valence-electron chi connectivity index (χ4n) is 3.48. The van der Waals surface area contributed by atoms with Gasteiger partial charge in [0.1, 0.15) is 17.7 Å². The van der Waals surface area contributed by atoms with E-state index in [0.29, 0.717) is 29.5 Å². The van der Waals surface area contributed by atoms with Gasteiger partial charge in [-0.1, -0.05) is 6.07 Å². The molecule has 6 nitrogen and oxygen atoms in total. The monoisotopic (exact) mass is 385 g/mol. The van der Waals surface area contributed by atoms with Crippen LogP contribution in [0.1, 0.15) is 25.7 Å². The van der Waals surface area contributed by atoms with E-state index < -0.39 is 11.6 Å². The summed E-state index contributed by atoms with van der Waals surface area (Å²) in [5.41, 5.74) is 6.84. The number of halogens is 2. The van der Waals surface area contributed by atoms with Crippen molar-refractivity contribution < 1.29 is 13.5 Å². The van der Waals surface area contributed by atoms with Crippen LogP contribution in [-0.2, 0) is 0 Å². The average Bonchev–Trinajstić information content (AvgIpc) is 3.17. The lowest BCUT2D eigenvalue weighted by Gasteiger charge is -2.26. The molecule has 0 aliphatic heterocycles. The van der Waals surface area contributed by atoms with E-state index in [4.69, 9.17) is 10.5 Å². The molecule has 0 atom stereocenters. The summed E-state index contributed by atoms with van der Waals surface area (Å²) in [6, 6.07) is 3.98. The van der Waals surface area contributed by atoms with Gasteiger partial charge in [-0.15, -0.1) is 0 Å². The van der Waals surface area contributed by atoms with Crippen LogP contribution < -0.4 is 10.5 Å². The van der Waals surface area contributed by atoms with Gasteiger partial charge in [0.25, 0.3) is 0 Å². The number of para-hydroxylation sites is 1. The van der Waals surface area contributed by atoms with Crippen molar-refractivity contribution in [2.45, 2.75) is 31.7 Å². The number of nitrogens with zero attached hydrogens (tertiary/aromatic N) is 4. The smallest absolute Gasteiger partial charge is 0.163 e. The molecule has 0 spiro atoms. The van der Waals surface area contributed by atoms with Crippen LogP contribution in [0.25, 0.3) is 16.9 Å². The largest absolute Gasteiger partial charge is 0.489 e. The molecule has 3 aromatic rings. The molecule has 0 unspecified atom stereocenters. The highest BCUT2D eigenvalue weighted by molar-refractivity contribution is 5.64. The summed E-state index contributed by atoms with van der Waals surface area (Å²) in [5, 5.41) is 4.09. The van der Waals surface area contributed by atoms with Crippen molar-refractivity contribution >= 4 is 0 Å². The molecule has 146 valence electrons. The minimum Gasteiger partial charge on any atom is -0.489 e. The van der Waals surface area contributed by atoms with Crippen molar-refractivity contribution in [2.24, 2.45) is 11.7 Å². The number of hydrogen-bond donors (Lipinski definition) is 1. The van der Waals surface area contributed by atoms with E-state index in [9.17, 15) is 8.78 Å². The summed E-state index contributed by atoms with van der Waals surface area (Å²) in [6.07, 6.45) is 10.1. The summed E-state index contributed by atoms with van der Waals surface area (Å²) in [4.78, 5) is 8.32. The Kier molecular flexibility index (Phi) is 5.29. The quantitative estimate of drug-likeness (QED) is 0.727. The molecule has 2 heterocycles. The first kappa shape index (κ1) is 18.5. The summed E-state index contributed by atoms with van der Waals surface area (Å²) in [7, 11) is 0. The van der Waals surface area contributed by atoms with Crippen LogP contribution in [0.2, 0.25) is 0 Å². The van der Waals surface area contributed by atoms with E-state index in [0.717, 1.165) is 30.4 Å². The van der Waals surface area contributed by atoms with Gasteiger partial charge in [-0.25, -0.2) is 23.4 Å². The van der Waals surface area contributed by atoms with Gasteiger partial charge in [0.2, 0.25) is 0 Å². The standard InChI is InChI=1S/C20H21F2N5O/c21-16-2-1-3-17(22)20(16)27-10-14(8-26-27)19-18(9-24-12-25-19)28-11-13-4-6-15(23)7-5-13/h1-3,8-10,12-13,15H,4-7,11,23H2. The van der Waals surface area contributed by atoms with Crippen molar-refractivity contribution in [3.8, 4) is 22.7 Å². The lowest BCUT2D eigenvalue weighted by atomic mass is 9.87. The minimum atomic E-state index is -0.690. The highest BCUT2D eigenvalue weighted by atomic mass is 19.1. The van der Waals surface area contributed by atoms with Gasteiger partial charge in [0.15, 0.2) is 17.4 Å². The normalized spacial score (nSPS) is 19.5. The number of nitrogens with two attached hydrogens (primary N) is 1. The molecule has 0 amide bonds. The van der Waals surface area contributed by atoms with Crippen LogP contribution in [0, 0.1) is 17.6 Å². The first-order valence-corrected chi connectivity index (χ1v) is 9.29. The molecule has 28 heavy (non-hydrogen) atoms. The third-order valence-electron chi connectivity index (χ3n) is 5.07. The SMILES string of the molecule is NC1CCC(COc2cncnc2-c2cnn(-c3c(F)cccc3F)c2)CC1. The van der Waals surface area contributed by atoms with Crippen LogP contribution in [0.4, 0.5) is 8.78 Å². The Bertz CT molecular complexity index is 933.